The maximum absolute atomic E-state index is 13.6. The van der Waals surface area contributed by atoms with Crippen molar-refractivity contribution in [2.45, 2.75) is 38.3 Å². The highest BCUT2D eigenvalue weighted by Crippen LogP contribution is 2.41. The number of β-lactam (4-membered cyclic amide) rings is 1. The Kier molecular flexibility index (Phi) is 11.6. The van der Waals surface area contributed by atoms with E-state index in [-0.39, 0.29) is 28.0 Å². The van der Waals surface area contributed by atoms with Crippen LogP contribution in [0.15, 0.2) is 95.1 Å². The van der Waals surface area contributed by atoms with Gasteiger partial charge in [0.1, 0.15) is 22.8 Å². The second-order valence-electron chi connectivity index (χ2n) is 12.1. The van der Waals surface area contributed by atoms with Gasteiger partial charge in [-0.3, -0.25) is 19.3 Å². The summed E-state index contributed by atoms with van der Waals surface area (Å²) in [6.07, 6.45) is 0.715. The smallest absolute Gasteiger partial charge is 0.358 e. The molecular weight excluding hydrogens is 699 g/mol. The van der Waals surface area contributed by atoms with Crippen molar-refractivity contribution in [2.75, 3.05) is 24.9 Å². The van der Waals surface area contributed by atoms with E-state index < -0.39 is 66.1 Å². The zero-order chi connectivity index (χ0) is 36.7. The number of thioether (sulfide) groups is 1. The highest BCUT2D eigenvalue weighted by molar-refractivity contribution is 8.00. The first-order valence-corrected chi connectivity index (χ1v) is 17.5. The monoisotopic (exact) mass is 733 g/mol. The van der Waals surface area contributed by atoms with Gasteiger partial charge in [-0.15, -0.1) is 23.1 Å². The molecular formula is C35H35N5O9S2. The van der Waals surface area contributed by atoms with Crippen molar-refractivity contribution < 1.29 is 43.0 Å². The quantitative estimate of drug-likeness (QED) is 0.0854. The second-order valence-corrected chi connectivity index (χ2v) is 14.1. The number of fused-ring (bicyclic) bond motifs is 1. The van der Waals surface area contributed by atoms with E-state index >= 15 is 0 Å². The molecule has 266 valence electrons. The molecule has 1 saturated heterocycles. The lowest BCUT2D eigenvalue weighted by Gasteiger charge is -2.49. The number of esters is 3. The zero-order valence-corrected chi connectivity index (χ0v) is 29.5. The summed E-state index contributed by atoms with van der Waals surface area (Å²) in [5, 5.41) is 7.46. The van der Waals surface area contributed by atoms with E-state index in [0.29, 0.717) is 5.57 Å². The van der Waals surface area contributed by atoms with Crippen molar-refractivity contribution in [1.82, 2.24) is 15.2 Å². The fourth-order valence-corrected chi connectivity index (χ4v) is 6.81. The molecule has 1 aromatic heterocycles. The lowest BCUT2D eigenvalue weighted by molar-refractivity contribution is -0.173. The van der Waals surface area contributed by atoms with Gasteiger partial charge < -0.3 is 30.1 Å². The van der Waals surface area contributed by atoms with E-state index in [4.69, 9.17) is 24.8 Å². The molecule has 0 saturated carbocycles. The molecule has 3 N–H and O–H groups in total. The molecule has 0 radical (unpaired) electrons. The minimum atomic E-state index is -1.07. The number of hydrogen-bond acceptors (Lipinski definition) is 14. The van der Waals surface area contributed by atoms with Gasteiger partial charge in [0, 0.05) is 11.1 Å². The summed E-state index contributed by atoms with van der Waals surface area (Å²) in [5.74, 6) is -3.38. The van der Waals surface area contributed by atoms with Crippen molar-refractivity contribution in [3.63, 3.8) is 0 Å². The number of thiazole rings is 1. The third-order valence-electron chi connectivity index (χ3n) is 7.49. The number of ether oxygens (including phenoxy) is 3. The summed E-state index contributed by atoms with van der Waals surface area (Å²) in [6, 6.07) is 17.3. The Morgan fingerprint density at radius 1 is 1.08 bits per heavy atom. The number of benzene rings is 2. The Balaban J connectivity index is 1.25. The van der Waals surface area contributed by atoms with E-state index in [0.717, 1.165) is 22.5 Å². The number of nitrogens with zero attached hydrogens (tertiary/aromatic N) is 3. The number of hydrogen-bond donors (Lipinski definition) is 2. The lowest BCUT2D eigenvalue weighted by atomic mass is 9.98. The maximum Gasteiger partial charge on any atom is 0.358 e. The Hall–Kier alpha value is -5.48. The van der Waals surface area contributed by atoms with E-state index in [9.17, 15) is 24.0 Å². The third kappa shape index (κ3) is 8.64. The largest absolute Gasteiger partial charge is 0.450 e. The molecule has 16 heteroatoms. The van der Waals surface area contributed by atoms with Crippen LogP contribution in [0.1, 0.15) is 43.7 Å². The van der Waals surface area contributed by atoms with Crippen LogP contribution in [0.2, 0.25) is 0 Å². The Labute approximate surface area is 301 Å². The van der Waals surface area contributed by atoms with Crippen molar-refractivity contribution in [3.8, 4) is 0 Å². The van der Waals surface area contributed by atoms with Crippen molar-refractivity contribution >= 4 is 63.7 Å². The standard InChI is InChI=1S/C35H35N5O9S2/c1-5-20-17-50-31-26(30(43)40(31)27(20)32(44)46-19-47-33(45)35(2,3)4)38-29(42)25(23-18-51-34(36)37-23)39-48-16-24(41)49-28(21-12-8-6-9-13-21)22-14-10-7-11-15-22/h5-15,18,26,28,31H,1,16-17,19H2,2-4H3,(H2,36,37)(H,38,42)/t26?,31-/m0/s1. The van der Waals surface area contributed by atoms with Gasteiger partial charge in [-0.1, -0.05) is 78.5 Å². The molecule has 0 bridgehead atoms. The number of nitrogens with two attached hydrogens (primary N) is 1. The van der Waals surface area contributed by atoms with Gasteiger partial charge in [0.15, 0.2) is 16.9 Å². The second kappa shape index (κ2) is 16.0. The third-order valence-corrected chi connectivity index (χ3v) is 9.46. The number of aromatic nitrogens is 1. The van der Waals surface area contributed by atoms with Crippen LogP contribution >= 0.6 is 23.1 Å². The summed E-state index contributed by atoms with van der Waals surface area (Å²) in [5.41, 5.74) is 6.57. The van der Waals surface area contributed by atoms with Crippen LogP contribution in [0.25, 0.3) is 0 Å². The van der Waals surface area contributed by atoms with Crippen LogP contribution in [0, 0.1) is 5.41 Å². The molecule has 3 heterocycles. The van der Waals surface area contributed by atoms with Crippen LogP contribution in [0.5, 0.6) is 0 Å². The number of rotatable bonds is 13. The number of nitrogens with one attached hydrogen (secondary N) is 1. The van der Waals surface area contributed by atoms with E-state index in [1.165, 1.54) is 28.1 Å². The van der Waals surface area contributed by atoms with Crippen molar-refractivity contribution in [1.29, 1.82) is 0 Å². The van der Waals surface area contributed by atoms with Crippen LogP contribution in [-0.2, 0) is 43.0 Å². The number of oxime groups is 1. The Morgan fingerprint density at radius 2 is 1.73 bits per heavy atom. The number of carbonyl (C=O) groups excluding carboxylic acids is 5. The van der Waals surface area contributed by atoms with Crippen LogP contribution in [0.4, 0.5) is 5.13 Å². The van der Waals surface area contributed by atoms with Gasteiger partial charge >= 0.3 is 17.9 Å². The molecule has 1 fully saturated rings. The number of carbonyl (C=O) groups is 5. The number of allylic oxidation sites excluding steroid dienone is 1. The van der Waals surface area contributed by atoms with Crippen molar-refractivity contribution in [3.05, 3.63) is 107 Å². The molecule has 2 aromatic carbocycles. The lowest BCUT2D eigenvalue weighted by Crippen LogP contribution is -2.71. The van der Waals surface area contributed by atoms with Gasteiger partial charge in [0.25, 0.3) is 11.8 Å². The van der Waals surface area contributed by atoms with Gasteiger partial charge in [-0.05, 0) is 37.5 Å². The van der Waals surface area contributed by atoms with Crippen LogP contribution in [-0.4, -0.2) is 75.9 Å². The van der Waals surface area contributed by atoms with Crippen molar-refractivity contribution in [2.24, 2.45) is 10.6 Å². The maximum atomic E-state index is 13.6. The minimum absolute atomic E-state index is 0.0534. The average molecular weight is 734 g/mol. The summed E-state index contributed by atoms with van der Waals surface area (Å²) in [7, 11) is 0. The first kappa shape index (κ1) is 36.8. The van der Waals surface area contributed by atoms with E-state index in [2.05, 4.69) is 22.0 Å². The fraction of sp³-hybridized carbons (Fsp3) is 0.286. The molecule has 0 spiro atoms. The summed E-state index contributed by atoms with van der Waals surface area (Å²) < 4.78 is 15.9. The topological polar surface area (TPSA) is 189 Å². The fourth-order valence-electron chi connectivity index (χ4n) is 4.92. The molecule has 2 amide bonds. The predicted molar refractivity (Wildman–Crippen MR) is 189 cm³/mol. The molecule has 1 unspecified atom stereocenters. The van der Waals surface area contributed by atoms with Gasteiger partial charge in [0.05, 0.1) is 5.41 Å². The average Bonchev–Trinajstić information content (AvgIpc) is 3.56. The van der Waals surface area contributed by atoms with Crippen LogP contribution in [0.3, 0.4) is 0 Å². The molecule has 14 nitrogen and oxygen atoms in total. The normalized spacial score (nSPS) is 17.2. The minimum Gasteiger partial charge on any atom is -0.450 e. The molecule has 3 aromatic rings. The summed E-state index contributed by atoms with van der Waals surface area (Å²) >= 11 is 2.34. The highest BCUT2D eigenvalue weighted by Gasteiger charge is 2.54. The Morgan fingerprint density at radius 3 is 2.29 bits per heavy atom. The number of anilines is 1. The van der Waals surface area contributed by atoms with Crippen LogP contribution < -0.4 is 11.1 Å². The first-order valence-electron chi connectivity index (χ1n) is 15.5. The van der Waals surface area contributed by atoms with Gasteiger partial charge in [-0.2, -0.15) is 0 Å². The molecule has 5 rings (SSSR count). The highest BCUT2D eigenvalue weighted by atomic mass is 32.2. The summed E-state index contributed by atoms with van der Waals surface area (Å²) in [4.78, 5) is 75.6. The number of amides is 2. The molecule has 51 heavy (non-hydrogen) atoms. The molecule has 2 aliphatic rings. The molecule has 2 atom stereocenters. The van der Waals surface area contributed by atoms with Gasteiger partial charge in [-0.25, -0.2) is 14.6 Å². The van der Waals surface area contributed by atoms with E-state index in [1.54, 1.807) is 20.8 Å². The molecule has 2 aliphatic heterocycles. The zero-order valence-electron chi connectivity index (χ0n) is 27.9. The predicted octanol–water partition coefficient (Wildman–Crippen LogP) is 3.71. The first-order chi connectivity index (χ1) is 24.4. The Bertz CT molecular complexity index is 1830. The van der Waals surface area contributed by atoms with E-state index in [1.807, 2.05) is 60.7 Å². The number of nitrogen functional groups attached to an aromatic ring is 1. The summed E-state index contributed by atoms with van der Waals surface area (Å²) in [6.45, 7) is 7.39. The SMILES string of the molecule is C=CC1=C(C(=O)OCOC(=O)C(C)(C)C)N2C(=O)C(NC(=O)C(=NOCC(=O)OC(c3ccccc3)c3ccccc3)c3csc(N)n3)[C@@H]2SC1. The van der Waals surface area contributed by atoms with Gasteiger partial charge in [0.2, 0.25) is 13.4 Å². The molecule has 0 aliphatic carbocycles.